The zero-order valence-electron chi connectivity index (χ0n) is 3.83. The van der Waals surface area contributed by atoms with Gasteiger partial charge < -0.3 is 5.32 Å². The molecule has 0 aromatic heterocycles. The summed E-state index contributed by atoms with van der Waals surface area (Å²) in [5.74, 6) is 0. The third-order valence-corrected chi connectivity index (χ3v) is 0.957. The third-order valence-electron chi connectivity index (χ3n) is 0.957. The summed E-state index contributed by atoms with van der Waals surface area (Å²) < 4.78 is 0. The molecule has 0 radical (unpaired) electrons. The van der Waals surface area contributed by atoms with E-state index < -0.39 is 0 Å². The molecular formula is C5H15NS. The van der Waals surface area contributed by atoms with Crippen LogP contribution in [0.5, 0.6) is 0 Å². The molecule has 0 aliphatic carbocycles. The summed E-state index contributed by atoms with van der Waals surface area (Å²) in [5, 5.41) is 3.22. The van der Waals surface area contributed by atoms with E-state index in [0.29, 0.717) is 0 Å². The zero-order valence-corrected chi connectivity index (χ0v) is 4.83. The molecule has 0 saturated carbocycles. The molecular weight excluding hydrogens is 106 g/mol. The molecule has 1 nitrogen and oxygen atoms in total. The van der Waals surface area contributed by atoms with E-state index >= 15 is 0 Å². The van der Waals surface area contributed by atoms with Crippen LogP contribution in [0.15, 0.2) is 0 Å². The van der Waals surface area contributed by atoms with Gasteiger partial charge in [-0.15, -0.1) is 0 Å². The highest BCUT2D eigenvalue weighted by Crippen LogP contribution is 1.90. The topological polar surface area (TPSA) is 12.0 Å². The van der Waals surface area contributed by atoms with Crippen molar-refractivity contribution in [2.45, 2.75) is 20.3 Å². The lowest BCUT2D eigenvalue weighted by molar-refractivity contribution is 0.857. The summed E-state index contributed by atoms with van der Waals surface area (Å²) in [4.78, 5) is 0. The lowest BCUT2D eigenvalue weighted by atomic mass is 10.4. The predicted octanol–water partition coefficient (Wildman–Crippen LogP) is 1.12. The maximum atomic E-state index is 3.22. The van der Waals surface area contributed by atoms with Crippen molar-refractivity contribution in [2.75, 3.05) is 13.1 Å². The number of rotatable bonds is 0. The fourth-order valence-electron chi connectivity index (χ4n) is 0.625. The van der Waals surface area contributed by atoms with E-state index in [1.165, 1.54) is 25.9 Å². The first-order valence-corrected chi connectivity index (χ1v) is 2.21. The van der Waals surface area contributed by atoms with Crippen molar-refractivity contribution in [3.63, 3.8) is 0 Å². The Balaban J connectivity index is 0. The van der Waals surface area contributed by atoms with E-state index in [9.17, 15) is 0 Å². The monoisotopic (exact) mass is 121 g/mol. The molecule has 0 spiro atoms. The molecule has 0 bridgehead atoms. The van der Waals surface area contributed by atoms with Crippen molar-refractivity contribution in [3.05, 3.63) is 0 Å². The van der Waals surface area contributed by atoms with Gasteiger partial charge in [0.1, 0.15) is 0 Å². The van der Waals surface area contributed by atoms with E-state index in [0.717, 1.165) is 0 Å². The smallest absolute Gasteiger partial charge is 0.00484 e. The number of hydrogen-bond donors (Lipinski definition) is 1. The van der Waals surface area contributed by atoms with Crippen molar-refractivity contribution in [1.29, 1.82) is 0 Å². The van der Waals surface area contributed by atoms with Gasteiger partial charge in [0.2, 0.25) is 0 Å². The maximum Gasteiger partial charge on any atom is -0.00484 e. The summed E-state index contributed by atoms with van der Waals surface area (Å²) in [6.07, 6.45) is 2.78. The van der Waals surface area contributed by atoms with Gasteiger partial charge in [-0.3, -0.25) is 0 Å². The van der Waals surface area contributed by atoms with Crippen LogP contribution in [-0.2, 0) is 0 Å². The third kappa shape index (κ3) is 4.16. The minimum atomic E-state index is 0. The van der Waals surface area contributed by atoms with Crippen molar-refractivity contribution >= 4 is 13.5 Å². The summed E-state index contributed by atoms with van der Waals surface area (Å²) in [6, 6.07) is 0. The molecule has 7 heavy (non-hydrogen) atoms. The first kappa shape index (κ1) is 10.3. The molecule has 1 aliphatic heterocycles. The van der Waals surface area contributed by atoms with Crippen molar-refractivity contribution in [1.82, 2.24) is 5.32 Å². The Labute approximate surface area is 52.9 Å². The average Bonchev–Trinajstić information content (AvgIpc) is 1.76. The Hall–Kier alpha value is 0.310. The molecule has 0 atom stereocenters. The Kier molecular flexibility index (Phi) is 9.31. The molecule has 0 aromatic rings. The lowest BCUT2D eigenvalue weighted by Crippen LogP contribution is -2.03. The van der Waals surface area contributed by atoms with Crippen molar-refractivity contribution < 1.29 is 0 Å². The van der Waals surface area contributed by atoms with Gasteiger partial charge in [-0.25, -0.2) is 0 Å². The molecule has 1 heterocycles. The highest BCUT2D eigenvalue weighted by molar-refractivity contribution is 7.59. The molecule has 1 saturated heterocycles. The van der Waals surface area contributed by atoms with Crippen molar-refractivity contribution in [3.8, 4) is 0 Å². The highest BCUT2D eigenvalue weighted by Gasteiger charge is 1.93. The molecule has 1 aliphatic rings. The minimum Gasteiger partial charge on any atom is -0.317 e. The van der Waals surface area contributed by atoms with E-state index in [1.54, 1.807) is 0 Å². The minimum absolute atomic E-state index is 0. The first-order chi connectivity index (χ1) is 2.50. The van der Waals surface area contributed by atoms with Gasteiger partial charge in [0.05, 0.1) is 0 Å². The number of hydrogen-bond acceptors (Lipinski definition) is 1. The second kappa shape index (κ2) is 6.31. The summed E-state index contributed by atoms with van der Waals surface area (Å²) >= 11 is 0. The molecule has 46 valence electrons. The summed E-state index contributed by atoms with van der Waals surface area (Å²) in [5.41, 5.74) is 0. The number of nitrogens with one attached hydrogen (secondary N) is 1. The molecule has 0 unspecified atom stereocenters. The molecule has 1 fully saturated rings. The van der Waals surface area contributed by atoms with Gasteiger partial charge in [0.25, 0.3) is 0 Å². The Morgan fingerprint density at radius 1 is 1.00 bits per heavy atom. The van der Waals surface area contributed by atoms with Gasteiger partial charge in [0.15, 0.2) is 0 Å². The Morgan fingerprint density at radius 2 is 1.43 bits per heavy atom. The van der Waals surface area contributed by atoms with Gasteiger partial charge in [-0.1, -0.05) is 7.43 Å². The van der Waals surface area contributed by atoms with Crippen LogP contribution in [-0.4, -0.2) is 13.1 Å². The molecule has 0 aromatic carbocycles. The van der Waals surface area contributed by atoms with Gasteiger partial charge in [0, 0.05) is 0 Å². The van der Waals surface area contributed by atoms with Crippen LogP contribution < -0.4 is 5.32 Å². The molecule has 0 amide bonds. The van der Waals surface area contributed by atoms with Crippen molar-refractivity contribution in [2.24, 2.45) is 0 Å². The second-order valence-corrected chi connectivity index (χ2v) is 1.46. The van der Waals surface area contributed by atoms with Crippen LogP contribution in [0.25, 0.3) is 0 Å². The first-order valence-electron chi connectivity index (χ1n) is 2.21. The van der Waals surface area contributed by atoms with Crippen LogP contribution in [0.3, 0.4) is 0 Å². The Bertz CT molecular complexity index is 19.7. The average molecular weight is 121 g/mol. The van der Waals surface area contributed by atoms with Crippen LogP contribution in [0.1, 0.15) is 20.3 Å². The Morgan fingerprint density at radius 3 is 1.57 bits per heavy atom. The molecule has 1 N–H and O–H groups in total. The zero-order chi connectivity index (χ0) is 3.54. The summed E-state index contributed by atoms with van der Waals surface area (Å²) in [7, 11) is 0. The quantitative estimate of drug-likeness (QED) is 0.506. The van der Waals surface area contributed by atoms with Gasteiger partial charge in [-0.05, 0) is 25.9 Å². The van der Waals surface area contributed by atoms with Crippen LogP contribution in [0.2, 0.25) is 0 Å². The molecule has 1 rings (SSSR count). The lowest BCUT2D eigenvalue weighted by Gasteiger charge is -1.76. The molecule has 2 heteroatoms. The standard InChI is InChI=1S/C4H9N.CH4.H2S/c1-2-4-5-3-1;;/h5H,1-4H2;1H4;1H2. The summed E-state index contributed by atoms with van der Waals surface area (Å²) in [6.45, 7) is 2.50. The SMILES string of the molecule is C.C1CCNC1.S. The van der Waals surface area contributed by atoms with E-state index in [4.69, 9.17) is 0 Å². The van der Waals surface area contributed by atoms with Gasteiger partial charge in [-0.2, -0.15) is 13.5 Å². The van der Waals surface area contributed by atoms with Crippen LogP contribution in [0.4, 0.5) is 0 Å². The van der Waals surface area contributed by atoms with Gasteiger partial charge >= 0.3 is 0 Å². The fourth-order valence-corrected chi connectivity index (χ4v) is 0.625. The van der Waals surface area contributed by atoms with E-state index in [-0.39, 0.29) is 20.9 Å². The van der Waals surface area contributed by atoms with Crippen LogP contribution in [0, 0.1) is 0 Å². The van der Waals surface area contributed by atoms with E-state index in [2.05, 4.69) is 5.32 Å². The van der Waals surface area contributed by atoms with Crippen LogP contribution >= 0.6 is 13.5 Å². The normalized spacial score (nSPS) is 17.1. The highest BCUT2D eigenvalue weighted by atomic mass is 32.1. The largest absolute Gasteiger partial charge is 0.317 e. The maximum absolute atomic E-state index is 3.22. The van der Waals surface area contributed by atoms with E-state index in [1.807, 2.05) is 0 Å². The second-order valence-electron chi connectivity index (χ2n) is 1.46. The predicted molar refractivity (Wildman–Crippen MR) is 39.2 cm³/mol. The fraction of sp³-hybridized carbons (Fsp3) is 1.00.